The molecule has 0 heterocycles. The van der Waals surface area contributed by atoms with Gasteiger partial charge >= 0.3 is 0 Å². The summed E-state index contributed by atoms with van der Waals surface area (Å²) in [5, 5.41) is 3.86. The molecule has 1 fully saturated rings. The van der Waals surface area contributed by atoms with E-state index in [4.69, 9.17) is 0 Å². The van der Waals surface area contributed by atoms with Gasteiger partial charge in [-0.25, -0.2) is 0 Å². The molecule has 2 unspecified atom stereocenters. The smallest absolute Gasteiger partial charge is 0.0299 e. The Balaban J connectivity index is 2.07. The second-order valence-corrected chi connectivity index (χ2v) is 6.48. The van der Waals surface area contributed by atoms with E-state index in [0.717, 1.165) is 5.92 Å². The highest BCUT2D eigenvalue weighted by molar-refractivity contribution is 5.39. The summed E-state index contributed by atoms with van der Waals surface area (Å²) in [5.41, 5.74) is 5.73. The van der Waals surface area contributed by atoms with Crippen molar-refractivity contribution < 1.29 is 0 Å². The molecule has 0 aromatic heterocycles. The topological polar surface area (TPSA) is 12.0 Å². The van der Waals surface area contributed by atoms with Crippen LogP contribution in [0.2, 0.25) is 0 Å². The van der Waals surface area contributed by atoms with Crippen molar-refractivity contribution in [3.63, 3.8) is 0 Å². The minimum absolute atomic E-state index is 0.462. The van der Waals surface area contributed by atoms with Gasteiger partial charge in [-0.2, -0.15) is 0 Å². The van der Waals surface area contributed by atoms with Crippen molar-refractivity contribution in [2.24, 2.45) is 5.92 Å². The van der Waals surface area contributed by atoms with E-state index in [1.165, 1.54) is 47.9 Å². The van der Waals surface area contributed by atoms with Crippen molar-refractivity contribution in [3.8, 4) is 0 Å². The molecule has 1 N–H and O–H groups in total. The van der Waals surface area contributed by atoms with Gasteiger partial charge in [-0.15, -0.1) is 0 Å². The summed E-state index contributed by atoms with van der Waals surface area (Å²) in [6.45, 7) is 11.3. The molecule has 0 amide bonds. The minimum Gasteiger partial charge on any atom is -0.307 e. The molecule has 1 aromatic rings. The van der Waals surface area contributed by atoms with Crippen molar-refractivity contribution >= 4 is 0 Å². The average Bonchev–Trinajstić information content (AvgIpc) is 3.10. The fourth-order valence-corrected chi connectivity index (χ4v) is 3.42. The van der Waals surface area contributed by atoms with Crippen LogP contribution in [-0.2, 0) is 0 Å². The van der Waals surface area contributed by atoms with E-state index in [2.05, 4.69) is 52.1 Å². The number of hydrogen-bond acceptors (Lipinski definition) is 1. The van der Waals surface area contributed by atoms with Crippen LogP contribution in [-0.4, -0.2) is 6.04 Å². The molecule has 19 heavy (non-hydrogen) atoms. The van der Waals surface area contributed by atoms with Gasteiger partial charge in [0, 0.05) is 12.1 Å². The molecule has 0 aliphatic heterocycles. The van der Waals surface area contributed by atoms with Crippen molar-refractivity contribution in [2.75, 3.05) is 0 Å². The molecule has 2 rings (SSSR count). The molecule has 0 bridgehead atoms. The zero-order valence-electron chi connectivity index (χ0n) is 13.2. The van der Waals surface area contributed by atoms with Gasteiger partial charge in [0.2, 0.25) is 0 Å². The standard InChI is InChI=1S/C18H29N/c1-6-17(11-16-7-8-16)19-15(5)18-13(3)9-12(2)10-14(18)4/h9-10,15-17,19H,6-8,11H2,1-5H3. The average molecular weight is 259 g/mol. The minimum atomic E-state index is 0.462. The quantitative estimate of drug-likeness (QED) is 0.770. The number of rotatable bonds is 6. The number of hydrogen-bond donors (Lipinski definition) is 1. The van der Waals surface area contributed by atoms with Gasteiger partial charge in [-0.1, -0.05) is 37.5 Å². The predicted octanol–water partition coefficient (Wildman–Crippen LogP) is 4.84. The predicted molar refractivity (Wildman–Crippen MR) is 83.6 cm³/mol. The Morgan fingerprint density at radius 3 is 2.21 bits per heavy atom. The Morgan fingerprint density at radius 2 is 1.74 bits per heavy atom. The van der Waals surface area contributed by atoms with Crippen molar-refractivity contribution in [1.82, 2.24) is 5.32 Å². The van der Waals surface area contributed by atoms with E-state index in [1.54, 1.807) is 0 Å². The molecular formula is C18H29N. The third-order valence-corrected chi connectivity index (χ3v) is 4.46. The summed E-state index contributed by atoms with van der Waals surface area (Å²) in [7, 11) is 0. The second-order valence-electron chi connectivity index (χ2n) is 6.48. The lowest BCUT2D eigenvalue weighted by atomic mass is 9.94. The highest BCUT2D eigenvalue weighted by Gasteiger charge is 2.25. The van der Waals surface area contributed by atoms with E-state index >= 15 is 0 Å². The highest BCUT2D eigenvalue weighted by Crippen LogP contribution is 2.35. The van der Waals surface area contributed by atoms with E-state index in [1.807, 2.05) is 0 Å². The van der Waals surface area contributed by atoms with Crippen LogP contribution in [0.25, 0.3) is 0 Å². The van der Waals surface area contributed by atoms with Gasteiger partial charge in [0.05, 0.1) is 0 Å². The van der Waals surface area contributed by atoms with E-state index < -0.39 is 0 Å². The van der Waals surface area contributed by atoms with Crippen LogP contribution < -0.4 is 5.32 Å². The Labute approximate surface area is 118 Å². The normalized spacial score (nSPS) is 18.4. The third kappa shape index (κ3) is 3.82. The maximum atomic E-state index is 3.86. The fraction of sp³-hybridized carbons (Fsp3) is 0.667. The fourth-order valence-electron chi connectivity index (χ4n) is 3.42. The number of nitrogens with one attached hydrogen (secondary N) is 1. The summed E-state index contributed by atoms with van der Waals surface area (Å²) in [4.78, 5) is 0. The number of benzene rings is 1. The maximum absolute atomic E-state index is 3.86. The van der Waals surface area contributed by atoms with Crippen molar-refractivity contribution in [1.29, 1.82) is 0 Å². The summed E-state index contributed by atoms with van der Waals surface area (Å²) >= 11 is 0. The van der Waals surface area contributed by atoms with Gasteiger partial charge in [0.15, 0.2) is 0 Å². The molecule has 0 spiro atoms. The molecule has 106 valence electrons. The Hall–Kier alpha value is -0.820. The maximum Gasteiger partial charge on any atom is 0.0299 e. The lowest BCUT2D eigenvalue weighted by Gasteiger charge is -2.25. The molecule has 0 radical (unpaired) electrons. The van der Waals surface area contributed by atoms with Crippen LogP contribution >= 0.6 is 0 Å². The molecule has 1 nitrogen and oxygen atoms in total. The SMILES string of the molecule is CCC(CC1CC1)NC(C)c1c(C)cc(C)cc1C. The van der Waals surface area contributed by atoms with Crippen molar-refractivity contribution in [3.05, 3.63) is 34.4 Å². The van der Waals surface area contributed by atoms with Gasteiger partial charge < -0.3 is 5.32 Å². The lowest BCUT2D eigenvalue weighted by molar-refractivity contribution is 0.402. The van der Waals surface area contributed by atoms with Gasteiger partial charge in [-0.05, 0) is 63.1 Å². The molecule has 0 saturated heterocycles. The van der Waals surface area contributed by atoms with E-state index in [0.29, 0.717) is 12.1 Å². The monoisotopic (exact) mass is 259 g/mol. The van der Waals surface area contributed by atoms with Gasteiger partial charge in [-0.3, -0.25) is 0 Å². The molecular weight excluding hydrogens is 230 g/mol. The van der Waals surface area contributed by atoms with E-state index in [9.17, 15) is 0 Å². The number of aryl methyl sites for hydroxylation is 3. The molecule has 1 heteroatoms. The molecule has 2 atom stereocenters. The van der Waals surface area contributed by atoms with Crippen LogP contribution in [0.1, 0.15) is 67.8 Å². The van der Waals surface area contributed by atoms with Gasteiger partial charge in [0.1, 0.15) is 0 Å². The second kappa shape index (κ2) is 6.09. The first-order chi connectivity index (χ1) is 9.01. The van der Waals surface area contributed by atoms with Crippen LogP contribution in [0.5, 0.6) is 0 Å². The Morgan fingerprint density at radius 1 is 1.16 bits per heavy atom. The zero-order chi connectivity index (χ0) is 14.0. The molecule has 1 saturated carbocycles. The van der Waals surface area contributed by atoms with Crippen LogP contribution in [0, 0.1) is 26.7 Å². The van der Waals surface area contributed by atoms with Crippen molar-refractivity contribution in [2.45, 2.75) is 72.4 Å². The lowest BCUT2D eigenvalue weighted by Crippen LogP contribution is -2.32. The summed E-state index contributed by atoms with van der Waals surface area (Å²) in [6, 6.07) is 5.76. The van der Waals surface area contributed by atoms with E-state index in [-0.39, 0.29) is 0 Å². The zero-order valence-corrected chi connectivity index (χ0v) is 13.2. The first-order valence-electron chi connectivity index (χ1n) is 7.85. The van der Waals surface area contributed by atoms with Gasteiger partial charge in [0.25, 0.3) is 0 Å². The van der Waals surface area contributed by atoms with Crippen LogP contribution in [0.4, 0.5) is 0 Å². The molecule has 1 aromatic carbocycles. The first kappa shape index (κ1) is 14.6. The first-order valence-corrected chi connectivity index (χ1v) is 7.85. The van der Waals surface area contributed by atoms with Crippen LogP contribution in [0.3, 0.4) is 0 Å². The largest absolute Gasteiger partial charge is 0.307 e. The summed E-state index contributed by atoms with van der Waals surface area (Å²) in [5.74, 6) is 1.00. The molecule has 1 aliphatic rings. The molecule has 1 aliphatic carbocycles. The highest BCUT2D eigenvalue weighted by atomic mass is 14.9. The third-order valence-electron chi connectivity index (χ3n) is 4.46. The van der Waals surface area contributed by atoms with Crippen LogP contribution in [0.15, 0.2) is 12.1 Å². The Kier molecular flexibility index (Phi) is 4.67. The summed E-state index contributed by atoms with van der Waals surface area (Å²) in [6.07, 6.45) is 5.51. The Bertz CT molecular complexity index is 408. The summed E-state index contributed by atoms with van der Waals surface area (Å²) < 4.78 is 0.